The Bertz CT molecular complexity index is 7290. The van der Waals surface area contributed by atoms with E-state index in [2.05, 4.69) is 322 Å². The second-order valence-corrected chi connectivity index (χ2v) is 30.1. The summed E-state index contributed by atoms with van der Waals surface area (Å²) in [6, 6.07) is 129. The lowest BCUT2D eigenvalue weighted by molar-refractivity contribution is 0.332. The van der Waals surface area contributed by atoms with Crippen molar-refractivity contribution in [3.05, 3.63) is 417 Å². The van der Waals surface area contributed by atoms with Crippen LogP contribution in [0.1, 0.15) is 113 Å². The van der Waals surface area contributed by atoms with Crippen molar-refractivity contribution in [1.29, 1.82) is 21.0 Å². The molecular weight excluding hydrogens is 1320 g/mol. The van der Waals surface area contributed by atoms with E-state index in [-0.39, 0.29) is 23.7 Å². The fourth-order valence-corrected chi connectivity index (χ4v) is 21.5. The molecule has 4 heteroatoms. The molecule has 18 aromatic rings. The maximum atomic E-state index is 12.2. The minimum atomic E-state index is -0.660. The molecule has 6 aliphatic carbocycles. The first-order chi connectivity index (χ1) is 54.0. The second kappa shape index (κ2) is 22.7. The van der Waals surface area contributed by atoms with Gasteiger partial charge in [0.25, 0.3) is 0 Å². The first-order valence-electron chi connectivity index (χ1n) is 37.5. The zero-order valence-corrected chi connectivity index (χ0v) is 58.8. The first kappa shape index (κ1) is 60.9. The molecule has 1 spiro atoms. The van der Waals surface area contributed by atoms with Gasteiger partial charge in [-0.3, -0.25) is 0 Å². The third kappa shape index (κ3) is 7.96. The van der Waals surface area contributed by atoms with Crippen molar-refractivity contribution in [1.82, 2.24) is 0 Å². The van der Waals surface area contributed by atoms with Crippen molar-refractivity contribution < 1.29 is 0 Å². The monoisotopic (exact) mass is 1370 g/mol. The number of fused-ring (bicyclic) bond motifs is 19. The van der Waals surface area contributed by atoms with Crippen molar-refractivity contribution in [3.63, 3.8) is 0 Å². The van der Waals surface area contributed by atoms with Crippen LogP contribution in [0.3, 0.4) is 0 Å². The van der Waals surface area contributed by atoms with Gasteiger partial charge in [-0.2, -0.15) is 21.0 Å². The molecule has 0 aromatic heterocycles. The topological polar surface area (TPSA) is 95.2 Å². The van der Waals surface area contributed by atoms with Gasteiger partial charge in [-0.15, -0.1) is 0 Å². The van der Waals surface area contributed by atoms with E-state index in [1.165, 1.54) is 75.8 Å². The summed E-state index contributed by atoms with van der Waals surface area (Å²) in [6.07, 6.45) is 0. The summed E-state index contributed by atoms with van der Waals surface area (Å²) in [7, 11) is 0. The molecular formula is C105H58N4. The number of nitrogens with zero attached hydrogens (tertiary/aromatic N) is 4. The maximum absolute atomic E-state index is 12.2. The fraction of sp³-hybridized carbons (Fsp3) is 0.0476. The van der Waals surface area contributed by atoms with E-state index < -0.39 is 5.41 Å². The Balaban J connectivity index is 0.779. The molecule has 24 rings (SSSR count). The molecule has 0 fully saturated rings. The van der Waals surface area contributed by atoms with Crippen LogP contribution in [0.15, 0.2) is 328 Å². The van der Waals surface area contributed by atoms with Gasteiger partial charge in [0.2, 0.25) is 0 Å². The van der Waals surface area contributed by atoms with E-state index >= 15 is 0 Å². The average Bonchev–Trinajstić information content (AvgIpc) is 1.47. The summed E-state index contributed by atoms with van der Waals surface area (Å²) >= 11 is 0. The molecule has 0 amide bonds. The summed E-state index contributed by atoms with van der Waals surface area (Å²) < 4.78 is 0. The van der Waals surface area contributed by atoms with Crippen LogP contribution in [0.2, 0.25) is 0 Å². The van der Waals surface area contributed by atoms with E-state index in [9.17, 15) is 21.0 Å². The SMILES string of the molecule is N#Cc1cccc2c1C1c3cccc(C#N)c3C2c2c(-c3ccc(-c4cc(C#N)c5c(c4)C46c7cccc(C#N)c7C4c4c(-c7cccc8c9ccccc9c9ccccc9c78)ccc(-c7cccc8c9ccccc9c9ccccc9c78)c4C56)cc3-c3ccccc3)ccc(-c3ccccc3-c3ccccc3)c21. The number of nitriles is 4. The normalized spacial score (nSPS) is 16.8. The van der Waals surface area contributed by atoms with Gasteiger partial charge in [-0.05, 0) is 246 Å². The molecule has 2 bridgehead atoms. The Labute approximate surface area is 629 Å². The average molecular weight is 1380 g/mol. The highest BCUT2D eigenvalue weighted by Gasteiger charge is 2.72. The van der Waals surface area contributed by atoms with Gasteiger partial charge in [0, 0.05) is 29.1 Å². The smallest absolute Gasteiger partial charge is 0.0995 e. The van der Waals surface area contributed by atoms with E-state index in [0.29, 0.717) is 22.3 Å². The van der Waals surface area contributed by atoms with Crippen LogP contribution in [0.4, 0.5) is 0 Å². The van der Waals surface area contributed by atoms with Gasteiger partial charge in [0.15, 0.2) is 0 Å². The maximum Gasteiger partial charge on any atom is 0.0995 e. The van der Waals surface area contributed by atoms with Gasteiger partial charge >= 0.3 is 0 Å². The molecule has 0 heterocycles. The van der Waals surface area contributed by atoms with Crippen LogP contribution in [-0.2, 0) is 5.41 Å². The predicted molar refractivity (Wildman–Crippen MR) is 441 cm³/mol. The van der Waals surface area contributed by atoms with E-state index in [1.54, 1.807) is 0 Å². The predicted octanol–water partition coefficient (Wildman–Crippen LogP) is 25.6. The fourth-order valence-electron chi connectivity index (χ4n) is 21.5. The minimum absolute atomic E-state index is 0.260. The molecule has 0 saturated heterocycles. The van der Waals surface area contributed by atoms with Crippen LogP contribution in [0.25, 0.3) is 143 Å². The number of benzene rings is 18. The summed E-state index contributed by atoms with van der Waals surface area (Å²) in [5.74, 6) is -1.26. The van der Waals surface area contributed by atoms with Gasteiger partial charge < -0.3 is 0 Å². The summed E-state index contributed by atoms with van der Waals surface area (Å²) in [5.41, 5.74) is 30.1. The summed E-state index contributed by atoms with van der Waals surface area (Å²) in [4.78, 5) is 0. The van der Waals surface area contributed by atoms with Crippen LogP contribution in [-0.4, -0.2) is 0 Å². The summed E-state index contributed by atoms with van der Waals surface area (Å²) in [6.45, 7) is 0. The van der Waals surface area contributed by atoms with Gasteiger partial charge in [-0.25, -0.2) is 0 Å². The number of hydrogen-bond donors (Lipinski definition) is 0. The molecule has 18 aromatic carbocycles. The van der Waals surface area contributed by atoms with E-state index in [4.69, 9.17) is 0 Å². The first-order valence-corrected chi connectivity index (χ1v) is 37.5. The minimum Gasteiger partial charge on any atom is -0.192 e. The zero-order chi connectivity index (χ0) is 72.1. The Morgan fingerprint density at radius 1 is 0.202 bits per heavy atom. The Morgan fingerprint density at radius 2 is 0.550 bits per heavy atom. The molecule has 498 valence electrons. The number of rotatable bonds is 7. The van der Waals surface area contributed by atoms with Gasteiger partial charge in [-0.1, -0.05) is 291 Å². The lowest BCUT2D eigenvalue weighted by Crippen LogP contribution is -2.53. The molecule has 0 aliphatic heterocycles. The van der Waals surface area contributed by atoms with Crippen LogP contribution < -0.4 is 0 Å². The van der Waals surface area contributed by atoms with E-state index in [1.807, 2.05) is 30.3 Å². The zero-order valence-electron chi connectivity index (χ0n) is 58.8. The van der Waals surface area contributed by atoms with Crippen molar-refractivity contribution in [2.45, 2.75) is 29.1 Å². The van der Waals surface area contributed by atoms with Crippen LogP contribution in [0, 0.1) is 45.3 Å². The van der Waals surface area contributed by atoms with Crippen molar-refractivity contribution >= 4 is 64.6 Å². The molecule has 0 radical (unpaired) electrons. The van der Waals surface area contributed by atoms with Crippen molar-refractivity contribution in [3.8, 4) is 102 Å². The van der Waals surface area contributed by atoms with Crippen molar-refractivity contribution in [2.75, 3.05) is 0 Å². The molecule has 6 aliphatic rings. The highest BCUT2D eigenvalue weighted by Crippen LogP contribution is 2.80. The number of hydrogen-bond acceptors (Lipinski definition) is 4. The Hall–Kier alpha value is -14.5. The lowest BCUT2D eigenvalue weighted by Gasteiger charge is -2.59. The second-order valence-electron chi connectivity index (χ2n) is 30.1. The van der Waals surface area contributed by atoms with Crippen molar-refractivity contribution in [2.24, 2.45) is 0 Å². The Morgan fingerprint density at radius 3 is 1.03 bits per heavy atom. The molecule has 5 unspecified atom stereocenters. The molecule has 5 atom stereocenters. The largest absolute Gasteiger partial charge is 0.192 e. The van der Waals surface area contributed by atoms with Gasteiger partial charge in [0.05, 0.1) is 46.5 Å². The lowest BCUT2D eigenvalue weighted by atomic mass is 9.41. The Kier molecular flexibility index (Phi) is 12.7. The third-order valence-corrected chi connectivity index (χ3v) is 25.5. The quantitative estimate of drug-likeness (QED) is 0.149. The molecule has 0 N–H and O–H groups in total. The molecule has 4 nitrogen and oxygen atoms in total. The standard InChI is InChI=1S/C105H58N4/c106-55-62-26-18-44-87-91(62)99-86-43-17-27-63(56-107)92(86)100(87)98-83(49-48-82(97(98)99)68-30-8-7-29-67(68)59-22-3-1-4-23-59)75-47-46-61(53-88(75)60-24-5-2-6-25-60)65-52-66(58-109)94-90(54-65)105-89-45-19-28-64(57-108)93(89)103(105)101-84(80-41-20-39-78-73-33-11-9-31-69(73)71-35-13-15-37-76(71)95(78)80)50-51-85(102(101)104(94)105)81-42-21-40-79-74-34-12-10-32-70(74)72-36-14-16-38-77(72)96(79)81/h1-54,99-100,103-104H. The molecule has 0 saturated carbocycles. The highest BCUT2D eigenvalue weighted by atomic mass is 14.7. The molecule has 109 heavy (non-hydrogen) atoms. The summed E-state index contributed by atoms with van der Waals surface area (Å²) in [5, 5.41) is 60.4. The van der Waals surface area contributed by atoms with Gasteiger partial charge in [0.1, 0.15) is 0 Å². The van der Waals surface area contributed by atoms with E-state index in [0.717, 1.165) is 134 Å². The van der Waals surface area contributed by atoms with Crippen LogP contribution in [0.5, 0.6) is 0 Å². The van der Waals surface area contributed by atoms with Crippen LogP contribution >= 0.6 is 0 Å². The highest BCUT2D eigenvalue weighted by molar-refractivity contribution is 6.30. The third-order valence-electron chi connectivity index (χ3n) is 25.5.